The molecule has 0 aromatic rings. The molecular formula is C15H28Cl2NSiTi-. The van der Waals surface area contributed by atoms with Crippen LogP contribution < -0.4 is 4.98 Å². The molecule has 1 unspecified atom stereocenters. The molecule has 20 heavy (non-hydrogen) atoms. The van der Waals surface area contributed by atoms with Crippen LogP contribution in [0.15, 0.2) is 16.7 Å². The van der Waals surface area contributed by atoms with Crippen molar-refractivity contribution in [1.82, 2.24) is 4.98 Å². The van der Waals surface area contributed by atoms with Crippen molar-refractivity contribution in [2.24, 2.45) is 0 Å². The first kappa shape index (κ1) is 21.0. The second kappa shape index (κ2) is 7.48. The van der Waals surface area contributed by atoms with Gasteiger partial charge >= 0.3 is 35.6 Å². The summed E-state index contributed by atoms with van der Waals surface area (Å²) in [5, 5.41) is 0.119. The molecule has 0 amide bonds. The van der Waals surface area contributed by atoms with Gasteiger partial charge in [0.15, 0.2) is 0 Å². The van der Waals surface area contributed by atoms with Gasteiger partial charge in [-0.1, -0.05) is 38.9 Å². The quantitative estimate of drug-likeness (QED) is 0.478. The molecule has 0 aliphatic heterocycles. The fourth-order valence-electron chi connectivity index (χ4n) is 2.91. The molecule has 1 atom stereocenters. The normalized spacial score (nSPS) is 23.2. The van der Waals surface area contributed by atoms with Gasteiger partial charge in [-0.3, -0.25) is 6.08 Å². The third-order valence-corrected chi connectivity index (χ3v) is 8.62. The number of nitrogens with one attached hydrogen (secondary N) is 1. The summed E-state index contributed by atoms with van der Waals surface area (Å²) in [5.41, 5.74) is 4.44. The van der Waals surface area contributed by atoms with Crippen LogP contribution in [-0.4, -0.2) is 13.8 Å². The predicted molar refractivity (Wildman–Crippen MR) is 91.2 cm³/mol. The molecule has 0 heterocycles. The van der Waals surface area contributed by atoms with Gasteiger partial charge in [0.05, 0.1) is 0 Å². The third-order valence-electron chi connectivity index (χ3n) is 4.25. The number of hydrogen-bond acceptors (Lipinski definition) is 1. The fourth-order valence-corrected chi connectivity index (χ4v) is 6.66. The van der Waals surface area contributed by atoms with E-state index in [-0.39, 0.29) is 10.6 Å². The van der Waals surface area contributed by atoms with Crippen molar-refractivity contribution in [3.8, 4) is 0 Å². The molecule has 1 rings (SSSR count). The zero-order chi connectivity index (χ0) is 16.4. The molecule has 0 aromatic heterocycles. The van der Waals surface area contributed by atoms with Crippen LogP contribution in [0.5, 0.6) is 0 Å². The number of halogens is 2. The Balaban J connectivity index is 0.00000110. The average molecular weight is 369 g/mol. The van der Waals surface area contributed by atoms with Crippen molar-refractivity contribution in [1.29, 1.82) is 0 Å². The number of allylic oxidation sites excluding steroid dienone is 4. The number of hydrogen-bond donors (Lipinski definition) is 1. The van der Waals surface area contributed by atoms with Gasteiger partial charge in [-0.15, -0.1) is 6.92 Å². The second-order valence-electron chi connectivity index (χ2n) is 7.20. The van der Waals surface area contributed by atoms with Crippen LogP contribution in [0.3, 0.4) is 0 Å². The van der Waals surface area contributed by atoms with Crippen molar-refractivity contribution in [2.75, 3.05) is 0 Å². The van der Waals surface area contributed by atoms with E-state index in [0.717, 1.165) is 0 Å². The van der Waals surface area contributed by atoms with E-state index in [1.165, 1.54) is 16.7 Å². The van der Waals surface area contributed by atoms with Gasteiger partial charge in [-0.2, -0.15) is 11.1 Å². The molecule has 0 saturated carbocycles. The second-order valence-corrected chi connectivity index (χ2v) is 14.3. The van der Waals surface area contributed by atoms with Crippen LogP contribution in [0.1, 0.15) is 48.5 Å². The van der Waals surface area contributed by atoms with Gasteiger partial charge in [0, 0.05) is 5.54 Å². The molecule has 1 aliphatic carbocycles. The zero-order valence-electron chi connectivity index (χ0n) is 14.3. The van der Waals surface area contributed by atoms with Gasteiger partial charge in [0.2, 0.25) is 0 Å². The van der Waals surface area contributed by atoms with E-state index < -0.39 is 25.3 Å². The topological polar surface area (TPSA) is 12.0 Å². The third kappa shape index (κ3) is 5.00. The van der Waals surface area contributed by atoms with Crippen LogP contribution >= 0.6 is 18.6 Å². The molecule has 0 bridgehead atoms. The van der Waals surface area contributed by atoms with Crippen LogP contribution in [0.25, 0.3) is 0 Å². The van der Waals surface area contributed by atoms with Crippen molar-refractivity contribution in [3.63, 3.8) is 0 Å². The minimum atomic E-state index is -1.62. The van der Waals surface area contributed by atoms with Gasteiger partial charge in [-0.05, 0) is 20.8 Å². The summed E-state index contributed by atoms with van der Waals surface area (Å²) in [5.74, 6) is 0. The van der Waals surface area contributed by atoms with Crippen molar-refractivity contribution in [3.05, 3.63) is 22.8 Å². The Kier molecular flexibility index (Phi) is 7.84. The van der Waals surface area contributed by atoms with E-state index in [4.69, 9.17) is 18.6 Å². The van der Waals surface area contributed by atoms with Gasteiger partial charge in [-0.25, -0.2) is 5.57 Å². The summed E-state index contributed by atoms with van der Waals surface area (Å²) in [4.78, 5) is 3.88. The molecule has 1 aliphatic rings. The Hall–Kier alpha value is 0.951. The van der Waals surface area contributed by atoms with Gasteiger partial charge in [0.25, 0.3) is 0 Å². The molecule has 1 N–H and O–H groups in total. The van der Waals surface area contributed by atoms with E-state index in [1.807, 2.05) is 0 Å². The van der Waals surface area contributed by atoms with Crippen LogP contribution in [0.2, 0.25) is 18.1 Å². The molecule has 0 saturated heterocycles. The summed E-state index contributed by atoms with van der Waals surface area (Å²) < 4.78 is 0. The average Bonchev–Trinajstić information content (AvgIpc) is 2.42. The van der Waals surface area contributed by atoms with E-state index in [0.29, 0.717) is 0 Å². The van der Waals surface area contributed by atoms with Crippen LogP contribution in [-0.2, 0) is 17.0 Å². The molecule has 116 valence electrons. The van der Waals surface area contributed by atoms with Crippen LogP contribution in [0.4, 0.5) is 0 Å². The van der Waals surface area contributed by atoms with Crippen molar-refractivity contribution >= 4 is 26.8 Å². The SMILES string of the molecule is CC1=[C-]C(C)([Si](C)(C)NC(C)(C)C)C(C)=C1C.[Cl][Ti][Cl]. The van der Waals surface area contributed by atoms with Crippen LogP contribution in [0, 0.1) is 6.08 Å². The van der Waals surface area contributed by atoms with E-state index >= 15 is 0 Å². The summed E-state index contributed by atoms with van der Waals surface area (Å²) in [6, 6.07) is 0. The fraction of sp³-hybridized carbons (Fsp3) is 0.733. The first-order valence-electron chi connectivity index (χ1n) is 6.88. The van der Waals surface area contributed by atoms with E-state index in [1.54, 1.807) is 0 Å². The van der Waals surface area contributed by atoms with E-state index in [2.05, 4.69) is 72.6 Å². The summed E-state index contributed by atoms with van der Waals surface area (Å²) in [6.45, 7) is 20.6. The molecule has 0 radical (unpaired) electrons. The summed E-state index contributed by atoms with van der Waals surface area (Å²) in [6.07, 6.45) is 3.73. The predicted octanol–water partition coefficient (Wildman–Crippen LogP) is 5.82. The Morgan fingerprint density at radius 3 is 1.80 bits per heavy atom. The molecule has 1 nitrogen and oxygen atoms in total. The Bertz CT molecular complexity index is 411. The summed E-state index contributed by atoms with van der Waals surface area (Å²) >= 11 is -0.556. The maximum absolute atomic E-state index is 4.89. The molecule has 5 heteroatoms. The van der Waals surface area contributed by atoms with Crippen molar-refractivity contribution < 1.29 is 17.0 Å². The number of rotatable bonds is 2. The molecular weight excluding hydrogens is 341 g/mol. The van der Waals surface area contributed by atoms with Crippen molar-refractivity contribution in [2.45, 2.75) is 72.1 Å². The minimum absolute atomic E-state index is 0.119. The zero-order valence-corrected chi connectivity index (χ0v) is 18.3. The summed E-state index contributed by atoms with van der Waals surface area (Å²) in [7, 11) is 8.16. The molecule has 0 fully saturated rings. The van der Waals surface area contributed by atoms with E-state index in [9.17, 15) is 0 Å². The Morgan fingerprint density at radius 1 is 1.15 bits per heavy atom. The first-order chi connectivity index (χ1) is 8.82. The van der Waals surface area contributed by atoms with Gasteiger partial charge in [0.1, 0.15) is 8.24 Å². The monoisotopic (exact) mass is 368 g/mol. The maximum atomic E-state index is 4.89. The standard InChI is InChI=1S/C15H28NSi.2ClH.Ti/c1-11-10-15(7,13(3)12(11)2)17(8,9)16-14(4,5)6;;;/h16H,1-9H3;2*1H;/q-1;;;+2/p-2. The first-order valence-corrected chi connectivity index (χ1v) is 14.2. The molecule has 0 spiro atoms. The Labute approximate surface area is 143 Å². The van der Waals surface area contributed by atoms with Gasteiger partial charge < -0.3 is 4.98 Å². The Morgan fingerprint density at radius 2 is 1.55 bits per heavy atom. The molecule has 0 aromatic carbocycles.